The molecule has 4 nitrogen and oxygen atoms in total. The molecule has 1 aliphatic carbocycles. The van der Waals surface area contributed by atoms with Crippen LogP contribution < -0.4 is 10.6 Å². The van der Waals surface area contributed by atoms with Crippen molar-refractivity contribution < 1.29 is 9.60 Å². The monoisotopic (exact) mass is 279 g/mol. The number of benzene rings is 1. The molecule has 0 bridgehead atoms. The molecule has 0 radical (unpaired) electrons. The molecule has 1 saturated carbocycles. The van der Waals surface area contributed by atoms with Gasteiger partial charge in [-0.15, -0.1) is 0 Å². The van der Waals surface area contributed by atoms with Crippen molar-refractivity contribution in [1.82, 2.24) is 0 Å². The second-order valence-electron chi connectivity index (χ2n) is 5.23. The van der Waals surface area contributed by atoms with E-state index in [0.29, 0.717) is 17.3 Å². The van der Waals surface area contributed by atoms with E-state index in [0.717, 1.165) is 19.4 Å². The summed E-state index contributed by atoms with van der Waals surface area (Å²) >= 11 is 0. The van der Waals surface area contributed by atoms with Crippen molar-refractivity contribution in [3.05, 3.63) is 29.6 Å². The number of nitrogens with two attached hydrogens (primary N) is 1. The summed E-state index contributed by atoms with van der Waals surface area (Å²) in [6, 6.07) is 5.16. The van der Waals surface area contributed by atoms with Gasteiger partial charge in [0.25, 0.3) is 0 Å². The van der Waals surface area contributed by atoms with Crippen LogP contribution in [-0.4, -0.2) is 23.6 Å². The van der Waals surface area contributed by atoms with Gasteiger partial charge in [0.05, 0.1) is 5.69 Å². The Hall–Kier alpha value is -1.78. The summed E-state index contributed by atoms with van der Waals surface area (Å²) in [5.41, 5.74) is 6.49. The van der Waals surface area contributed by atoms with Crippen LogP contribution in [0.1, 0.15) is 44.6 Å². The molecule has 0 amide bonds. The van der Waals surface area contributed by atoms with Crippen molar-refractivity contribution in [1.29, 1.82) is 0 Å². The molecule has 1 aromatic carbocycles. The SMILES string of the molecule is CCN(c1ccc(/C(N)=N/O)cc1F)C1CCCCC1. The van der Waals surface area contributed by atoms with Gasteiger partial charge in [-0.05, 0) is 38.0 Å². The van der Waals surface area contributed by atoms with Crippen LogP contribution in [0.2, 0.25) is 0 Å². The Morgan fingerprint density at radius 1 is 1.40 bits per heavy atom. The predicted molar refractivity (Wildman–Crippen MR) is 78.8 cm³/mol. The third-order valence-electron chi connectivity index (χ3n) is 4.02. The Labute approximate surface area is 119 Å². The van der Waals surface area contributed by atoms with Crippen molar-refractivity contribution in [2.75, 3.05) is 11.4 Å². The second-order valence-corrected chi connectivity index (χ2v) is 5.23. The van der Waals surface area contributed by atoms with Crippen molar-refractivity contribution in [2.24, 2.45) is 10.9 Å². The number of hydrogen-bond donors (Lipinski definition) is 2. The number of oxime groups is 1. The highest BCUT2D eigenvalue weighted by molar-refractivity contribution is 5.97. The standard InChI is InChI=1S/C15H22FN3O/c1-2-19(12-6-4-3-5-7-12)14-9-8-11(10-13(14)16)15(17)18-20/h8-10,12,20H,2-7H2,1H3,(H2,17,18). The predicted octanol–water partition coefficient (Wildman–Crippen LogP) is 3.08. The van der Waals surface area contributed by atoms with Crippen LogP contribution in [0.3, 0.4) is 0 Å². The average molecular weight is 279 g/mol. The molecule has 0 aromatic heterocycles. The van der Waals surface area contributed by atoms with E-state index in [1.807, 2.05) is 6.92 Å². The number of amidine groups is 1. The highest BCUT2D eigenvalue weighted by atomic mass is 19.1. The highest BCUT2D eigenvalue weighted by Crippen LogP contribution is 2.29. The summed E-state index contributed by atoms with van der Waals surface area (Å²) < 4.78 is 14.3. The number of anilines is 1. The van der Waals surface area contributed by atoms with Crippen LogP contribution in [0.5, 0.6) is 0 Å². The molecule has 1 aliphatic rings. The Kier molecular flexibility index (Phi) is 4.82. The van der Waals surface area contributed by atoms with E-state index >= 15 is 0 Å². The molecule has 0 spiro atoms. The molecule has 2 rings (SSSR count). The molecule has 0 atom stereocenters. The summed E-state index contributed by atoms with van der Waals surface area (Å²) in [6.07, 6.45) is 5.94. The molecule has 20 heavy (non-hydrogen) atoms. The van der Waals surface area contributed by atoms with Crippen molar-refractivity contribution in [3.8, 4) is 0 Å². The molecule has 1 aromatic rings. The molecule has 0 unspecified atom stereocenters. The van der Waals surface area contributed by atoms with E-state index in [1.165, 1.54) is 25.3 Å². The summed E-state index contributed by atoms with van der Waals surface area (Å²) in [6.45, 7) is 2.83. The number of rotatable bonds is 4. The smallest absolute Gasteiger partial charge is 0.170 e. The van der Waals surface area contributed by atoms with Gasteiger partial charge in [0.15, 0.2) is 5.84 Å². The van der Waals surface area contributed by atoms with Crippen LogP contribution in [0, 0.1) is 5.82 Å². The van der Waals surface area contributed by atoms with Gasteiger partial charge in [0, 0.05) is 18.2 Å². The maximum absolute atomic E-state index is 14.3. The van der Waals surface area contributed by atoms with E-state index in [9.17, 15) is 4.39 Å². The Morgan fingerprint density at radius 2 is 2.10 bits per heavy atom. The molecule has 110 valence electrons. The average Bonchev–Trinajstić information content (AvgIpc) is 2.49. The molecule has 0 aliphatic heterocycles. The lowest BCUT2D eigenvalue weighted by molar-refractivity contribution is 0.318. The lowest BCUT2D eigenvalue weighted by atomic mass is 9.93. The van der Waals surface area contributed by atoms with Gasteiger partial charge in [-0.25, -0.2) is 4.39 Å². The number of halogens is 1. The van der Waals surface area contributed by atoms with Crippen LogP contribution in [-0.2, 0) is 0 Å². The zero-order valence-corrected chi connectivity index (χ0v) is 11.8. The first-order chi connectivity index (χ1) is 9.67. The summed E-state index contributed by atoms with van der Waals surface area (Å²) in [4.78, 5) is 2.13. The van der Waals surface area contributed by atoms with E-state index in [4.69, 9.17) is 10.9 Å². The first-order valence-electron chi connectivity index (χ1n) is 7.21. The van der Waals surface area contributed by atoms with Gasteiger partial charge in [-0.3, -0.25) is 0 Å². The van der Waals surface area contributed by atoms with Crippen molar-refractivity contribution >= 4 is 11.5 Å². The zero-order valence-electron chi connectivity index (χ0n) is 11.8. The topological polar surface area (TPSA) is 61.8 Å². The largest absolute Gasteiger partial charge is 0.409 e. The maximum atomic E-state index is 14.3. The van der Waals surface area contributed by atoms with Gasteiger partial charge in [-0.1, -0.05) is 24.4 Å². The summed E-state index contributed by atoms with van der Waals surface area (Å²) in [7, 11) is 0. The Balaban J connectivity index is 2.25. The minimum Gasteiger partial charge on any atom is -0.409 e. The normalized spacial score (nSPS) is 17.2. The van der Waals surface area contributed by atoms with Crippen LogP contribution in [0.25, 0.3) is 0 Å². The third-order valence-corrected chi connectivity index (χ3v) is 4.02. The Morgan fingerprint density at radius 3 is 2.65 bits per heavy atom. The third kappa shape index (κ3) is 3.03. The molecule has 0 saturated heterocycles. The minimum absolute atomic E-state index is 0.0730. The quantitative estimate of drug-likeness (QED) is 0.385. The van der Waals surface area contributed by atoms with Crippen LogP contribution in [0.4, 0.5) is 10.1 Å². The summed E-state index contributed by atoms with van der Waals surface area (Å²) in [5, 5.41) is 11.5. The molecular weight excluding hydrogens is 257 g/mol. The molecule has 3 N–H and O–H groups in total. The van der Waals surface area contributed by atoms with E-state index in [2.05, 4.69) is 10.1 Å². The van der Waals surface area contributed by atoms with Gasteiger partial charge < -0.3 is 15.8 Å². The Bertz CT molecular complexity index is 484. The number of hydrogen-bond acceptors (Lipinski definition) is 3. The van der Waals surface area contributed by atoms with Crippen LogP contribution >= 0.6 is 0 Å². The summed E-state index contributed by atoms with van der Waals surface area (Å²) in [5.74, 6) is -0.391. The van der Waals surface area contributed by atoms with Crippen molar-refractivity contribution in [2.45, 2.75) is 45.1 Å². The molecular formula is C15H22FN3O. The fourth-order valence-corrected chi connectivity index (χ4v) is 2.97. The van der Waals surface area contributed by atoms with E-state index < -0.39 is 0 Å². The fourth-order valence-electron chi connectivity index (χ4n) is 2.97. The molecule has 0 heterocycles. The second kappa shape index (κ2) is 6.59. The van der Waals surface area contributed by atoms with Gasteiger partial charge in [-0.2, -0.15) is 0 Å². The lowest BCUT2D eigenvalue weighted by Crippen LogP contribution is -2.37. The first kappa shape index (κ1) is 14.6. The zero-order chi connectivity index (χ0) is 14.5. The molecule has 1 fully saturated rings. The lowest BCUT2D eigenvalue weighted by Gasteiger charge is -2.35. The van der Waals surface area contributed by atoms with Gasteiger partial charge in [0.2, 0.25) is 0 Å². The van der Waals surface area contributed by atoms with E-state index in [1.54, 1.807) is 12.1 Å². The van der Waals surface area contributed by atoms with Gasteiger partial charge >= 0.3 is 0 Å². The highest BCUT2D eigenvalue weighted by Gasteiger charge is 2.22. The first-order valence-corrected chi connectivity index (χ1v) is 7.21. The fraction of sp³-hybridized carbons (Fsp3) is 0.533. The number of nitrogens with zero attached hydrogens (tertiary/aromatic N) is 2. The van der Waals surface area contributed by atoms with E-state index in [-0.39, 0.29) is 11.7 Å². The molecule has 5 heteroatoms. The van der Waals surface area contributed by atoms with Crippen LogP contribution in [0.15, 0.2) is 23.4 Å². The maximum Gasteiger partial charge on any atom is 0.170 e. The van der Waals surface area contributed by atoms with Crippen molar-refractivity contribution in [3.63, 3.8) is 0 Å². The minimum atomic E-state index is -0.318. The van der Waals surface area contributed by atoms with Gasteiger partial charge in [0.1, 0.15) is 5.82 Å².